The first-order chi connectivity index (χ1) is 14.2. The van der Waals surface area contributed by atoms with E-state index in [1.165, 1.54) is 11.1 Å². The monoisotopic (exact) mass is 410 g/mol. The van der Waals surface area contributed by atoms with Crippen LogP contribution in [0.5, 0.6) is 5.75 Å². The van der Waals surface area contributed by atoms with Crippen molar-refractivity contribution < 1.29 is 9.53 Å². The lowest BCUT2D eigenvalue weighted by Gasteiger charge is -2.31. The van der Waals surface area contributed by atoms with Crippen molar-refractivity contribution in [3.63, 3.8) is 0 Å². The van der Waals surface area contributed by atoms with Gasteiger partial charge >= 0.3 is 0 Å². The number of Topliss-reactive ketones (excluding diaryl/α,β-unsaturated/α-hetero) is 1. The summed E-state index contributed by atoms with van der Waals surface area (Å²) >= 11 is 5.92. The Morgan fingerprint density at radius 1 is 1.10 bits per heavy atom. The van der Waals surface area contributed by atoms with Gasteiger partial charge in [0, 0.05) is 42.6 Å². The third kappa shape index (κ3) is 5.27. The normalized spacial score (nSPS) is 17.3. The number of nitrogens with zero attached hydrogens (tertiary/aromatic N) is 1. The molecule has 1 fully saturated rings. The number of ketones is 1. The average molecular weight is 411 g/mol. The molecule has 2 aromatic rings. The molecule has 0 aromatic heterocycles. The van der Waals surface area contributed by atoms with Crippen molar-refractivity contribution in [2.45, 2.75) is 19.3 Å². The van der Waals surface area contributed by atoms with Gasteiger partial charge in [0.1, 0.15) is 5.75 Å². The molecule has 5 heteroatoms. The highest BCUT2D eigenvalue weighted by Crippen LogP contribution is 2.25. The fraction of sp³-hybridized carbons (Fsp3) is 0.375. The molecule has 29 heavy (non-hydrogen) atoms. The number of halogens is 1. The minimum absolute atomic E-state index is 0.130. The van der Waals surface area contributed by atoms with Gasteiger partial charge in [-0.05, 0) is 67.4 Å². The summed E-state index contributed by atoms with van der Waals surface area (Å²) in [7, 11) is 0. The number of hydrogen-bond donors (Lipinski definition) is 1. The molecule has 1 saturated heterocycles. The molecule has 2 aliphatic rings. The minimum Gasteiger partial charge on any atom is -0.465 e. The zero-order valence-corrected chi connectivity index (χ0v) is 17.3. The number of benzene rings is 2. The Labute approximate surface area is 177 Å². The largest absolute Gasteiger partial charge is 0.465 e. The molecule has 0 amide bonds. The van der Waals surface area contributed by atoms with Crippen LogP contribution in [0.15, 0.2) is 60.4 Å². The Morgan fingerprint density at radius 3 is 2.66 bits per heavy atom. The third-order valence-corrected chi connectivity index (χ3v) is 6.04. The zero-order chi connectivity index (χ0) is 20.1. The second-order valence-electron chi connectivity index (χ2n) is 7.84. The number of para-hydroxylation sites is 1. The molecule has 0 unspecified atom stereocenters. The molecule has 4 rings (SSSR count). The summed E-state index contributed by atoms with van der Waals surface area (Å²) in [5, 5.41) is 4.20. The van der Waals surface area contributed by atoms with Crippen LogP contribution in [0.1, 0.15) is 28.8 Å². The molecule has 0 spiro atoms. The molecule has 1 N–H and O–H groups in total. The Morgan fingerprint density at radius 2 is 1.86 bits per heavy atom. The molecular weight excluding hydrogens is 384 g/mol. The van der Waals surface area contributed by atoms with Crippen LogP contribution in [-0.4, -0.2) is 43.4 Å². The van der Waals surface area contributed by atoms with Crippen LogP contribution in [0, 0.1) is 5.92 Å². The Balaban J connectivity index is 1.15. The van der Waals surface area contributed by atoms with Gasteiger partial charge in [-0.3, -0.25) is 4.79 Å². The zero-order valence-electron chi connectivity index (χ0n) is 16.6. The van der Waals surface area contributed by atoms with Gasteiger partial charge in [0.15, 0.2) is 5.78 Å². The summed E-state index contributed by atoms with van der Waals surface area (Å²) in [5.41, 5.74) is 3.30. The van der Waals surface area contributed by atoms with Gasteiger partial charge in [-0.1, -0.05) is 29.8 Å². The van der Waals surface area contributed by atoms with Crippen molar-refractivity contribution in [1.29, 1.82) is 0 Å². The van der Waals surface area contributed by atoms with Crippen LogP contribution in [0.2, 0.25) is 5.02 Å². The molecule has 4 nitrogen and oxygen atoms in total. The first-order valence-electron chi connectivity index (χ1n) is 10.3. The predicted octanol–water partition coefficient (Wildman–Crippen LogP) is 4.34. The number of nitrogens with one attached hydrogen (secondary N) is 1. The average Bonchev–Trinajstić information content (AvgIpc) is 2.77. The van der Waals surface area contributed by atoms with Crippen molar-refractivity contribution >= 4 is 17.4 Å². The van der Waals surface area contributed by atoms with E-state index < -0.39 is 0 Å². The lowest BCUT2D eigenvalue weighted by atomic mass is 9.89. The number of carbonyl (C=O) groups is 1. The number of hydrogen-bond acceptors (Lipinski definition) is 4. The molecule has 152 valence electrons. The van der Waals surface area contributed by atoms with E-state index in [1.54, 1.807) is 12.1 Å². The lowest BCUT2D eigenvalue weighted by molar-refractivity contribution is 0.0841. The van der Waals surface area contributed by atoms with Gasteiger partial charge in [-0.25, -0.2) is 0 Å². The van der Waals surface area contributed by atoms with Crippen molar-refractivity contribution in [3.8, 4) is 5.75 Å². The Bertz CT molecular complexity index is 871. The van der Waals surface area contributed by atoms with Crippen molar-refractivity contribution in [1.82, 2.24) is 10.2 Å². The fourth-order valence-electron chi connectivity index (χ4n) is 4.06. The second kappa shape index (κ2) is 9.57. The molecule has 0 atom stereocenters. The minimum atomic E-state index is 0.130. The number of fused-ring (bicyclic) bond motifs is 1. The van der Waals surface area contributed by atoms with E-state index in [0.29, 0.717) is 5.02 Å². The standard InChI is InChI=1S/C24H27ClN2O2/c25-22-7-5-19(6-8-22)24(28)20-9-12-27(13-10-20)14-11-26-16-18-15-21-3-1-2-4-23(21)29-17-18/h1-8,17,20,26H,9-16H2. The first kappa shape index (κ1) is 20.1. The van der Waals surface area contributed by atoms with Gasteiger partial charge in [-0.15, -0.1) is 0 Å². The number of rotatable bonds is 7. The predicted molar refractivity (Wildman–Crippen MR) is 117 cm³/mol. The summed E-state index contributed by atoms with van der Waals surface area (Å²) in [6, 6.07) is 15.4. The van der Waals surface area contributed by atoms with Gasteiger partial charge in [0.2, 0.25) is 0 Å². The van der Waals surface area contributed by atoms with Gasteiger partial charge in [0.25, 0.3) is 0 Å². The summed E-state index contributed by atoms with van der Waals surface area (Å²) in [6.07, 6.45) is 4.68. The molecule has 0 radical (unpaired) electrons. The van der Waals surface area contributed by atoms with Crippen LogP contribution in [0.25, 0.3) is 0 Å². The van der Waals surface area contributed by atoms with E-state index in [0.717, 1.165) is 63.3 Å². The van der Waals surface area contributed by atoms with Gasteiger partial charge < -0.3 is 15.0 Å². The topological polar surface area (TPSA) is 41.6 Å². The smallest absolute Gasteiger partial charge is 0.166 e. The molecule has 2 aliphatic heterocycles. The molecule has 0 bridgehead atoms. The van der Waals surface area contributed by atoms with E-state index >= 15 is 0 Å². The molecule has 2 aromatic carbocycles. The van der Waals surface area contributed by atoms with Crippen LogP contribution >= 0.6 is 11.6 Å². The van der Waals surface area contributed by atoms with E-state index in [2.05, 4.69) is 22.3 Å². The highest BCUT2D eigenvalue weighted by Gasteiger charge is 2.25. The van der Waals surface area contributed by atoms with E-state index in [1.807, 2.05) is 30.5 Å². The van der Waals surface area contributed by atoms with Crippen LogP contribution in [0.3, 0.4) is 0 Å². The molecule has 0 aliphatic carbocycles. The van der Waals surface area contributed by atoms with Crippen molar-refractivity contribution in [2.24, 2.45) is 5.92 Å². The van der Waals surface area contributed by atoms with Gasteiger partial charge in [0.05, 0.1) is 6.26 Å². The molecule has 2 heterocycles. The first-order valence-corrected chi connectivity index (χ1v) is 10.7. The molecule has 0 saturated carbocycles. The van der Waals surface area contributed by atoms with Crippen molar-refractivity contribution in [3.05, 3.63) is 76.5 Å². The second-order valence-corrected chi connectivity index (χ2v) is 8.28. The SMILES string of the molecule is O=C(c1ccc(Cl)cc1)C1CCN(CCNCC2=COc3ccccc3C2)CC1. The summed E-state index contributed by atoms with van der Waals surface area (Å²) in [6.45, 7) is 4.75. The summed E-state index contributed by atoms with van der Waals surface area (Å²) in [4.78, 5) is 15.1. The van der Waals surface area contributed by atoms with Gasteiger partial charge in [-0.2, -0.15) is 0 Å². The number of ether oxygens (including phenoxy) is 1. The molecular formula is C24H27ClN2O2. The summed E-state index contributed by atoms with van der Waals surface area (Å²) < 4.78 is 5.71. The fourth-order valence-corrected chi connectivity index (χ4v) is 4.18. The highest BCUT2D eigenvalue weighted by atomic mass is 35.5. The number of piperidine rings is 1. The van der Waals surface area contributed by atoms with Crippen LogP contribution in [-0.2, 0) is 6.42 Å². The maximum absolute atomic E-state index is 12.6. The Kier molecular flexibility index (Phi) is 6.65. The lowest BCUT2D eigenvalue weighted by Crippen LogP contribution is -2.40. The summed E-state index contributed by atoms with van der Waals surface area (Å²) in [5.74, 6) is 1.35. The number of carbonyl (C=O) groups excluding carboxylic acids is 1. The van der Waals surface area contributed by atoms with E-state index in [9.17, 15) is 4.79 Å². The third-order valence-electron chi connectivity index (χ3n) is 5.79. The van der Waals surface area contributed by atoms with E-state index in [-0.39, 0.29) is 11.7 Å². The van der Waals surface area contributed by atoms with Crippen LogP contribution in [0.4, 0.5) is 0 Å². The quantitative estimate of drug-likeness (QED) is 0.544. The van der Waals surface area contributed by atoms with Crippen LogP contribution < -0.4 is 10.1 Å². The highest BCUT2D eigenvalue weighted by molar-refractivity contribution is 6.30. The van der Waals surface area contributed by atoms with Crippen molar-refractivity contribution in [2.75, 3.05) is 32.7 Å². The maximum atomic E-state index is 12.6. The number of likely N-dealkylation sites (tertiary alicyclic amines) is 1. The maximum Gasteiger partial charge on any atom is 0.166 e. The Hall–Kier alpha value is -2.14. The van der Waals surface area contributed by atoms with E-state index in [4.69, 9.17) is 16.3 Å².